The fourth-order valence-corrected chi connectivity index (χ4v) is 2.35. The van der Waals surface area contributed by atoms with Crippen molar-refractivity contribution in [2.45, 2.75) is 18.6 Å². The number of aromatic nitrogens is 2. The Morgan fingerprint density at radius 1 is 1.53 bits per heavy atom. The van der Waals surface area contributed by atoms with Gasteiger partial charge in [0.15, 0.2) is 0 Å². The first-order valence-corrected chi connectivity index (χ1v) is 5.56. The molecule has 2 aliphatic rings. The molecular formula is C11H13N3O3. The summed E-state index contributed by atoms with van der Waals surface area (Å²) in [6, 6.07) is 0.488. The number of morpholine rings is 1. The van der Waals surface area contributed by atoms with Crippen LogP contribution >= 0.6 is 0 Å². The van der Waals surface area contributed by atoms with E-state index in [0.717, 1.165) is 6.42 Å². The van der Waals surface area contributed by atoms with Crippen molar-refractivity contribution in [3.8, 4) is 6.01 Å². The van der Waals surface area contributed by atoms with Crippen LogP contribution in [0.3, 0.4) is 0 Å². The first-order valence-electron chi connectivity index (χ1n) is 5.56. The first kappa shape index (κ1) is 10.5. The summed E-state index contributed by atoms with van der Waals surface area (Å²) in [5.74, 6) is -0.0246. The number of ether oxygens (including phenoxy) is 2. The molecule has 1 amide bonds. The van der Waals surface area contributed by atoms with Crippen molar-refractivity contribution in [3.05, 3.63) is 18.0 Å². The third-order valence-corrected chi connectivity index (χ3v) is 3.22. The summed E-state index contributed by atoms with van der Waals surface area (Å²) < 4.78 is 10.3. The maximum Gasteiger partial charge on any atom is 0.316 e. The highest BCUT2D eigenvalue weighted by molar-refractivity contribution is 5.94. The Hall–Kier alpha value is -1.69. The average Bonchev–Trinajstić information content (AvgIpc) is 3.00. The van der Waals surface area contributed by atoms with Gasteiger partial charge in [0.2, 0.25) is 0 Å². The van der Waals surface area contributed by atoms with Crippen molar-refractivity contribution in [2.24, 2.45) is 0 Å². The van der Waals surface area contributed by atoms with E-state index >= 15 is 0 Å². The van der Waals surface area contributed by atoms with Gasteiger partial charge in [0.05, 0.1) is 31.4 Å². The van der Waals surface area contributed by atoms with Crippen molar-refractivity contribution in [2.75, 3.05) is 20.3 Å². The van der Waals surface area contributed by atoms with Gasteiger partial charge in [-0.1, -0.05) is 0 Å². The van der Waals surface area contributed by atoms with E-state index < -0.39 is 0 Å². The topological polar surface area (TPSA) is 64.5 Å². The monoisotopic (exact) mass is 235 g/mol. The smallest absolute Gasteiger partial charge is 0.316 e. The minimum absolute atomic E-state index is 0.0246. The number of carbonyl (C=O) groups excluding carboxylic acids is 1. The van der Waals surface area contributed by atoms with Crippen molar-refractivity contribution in [1.82, 2.24) is 14.9 Å². The van der Waals surface area contributed by atoms with Gasteiger partial charge in [-0.05, 0) is 6.42 Å². The van der Waals surface area contributed by atoms with Crippen LogP contribution in [0.5, 0.6) is 6.01 Å². The van der Waals surface area contributed by atoms with E-state index in [9.17, 15) is 4.79 Å². The fraction of sp³-hybridized carbons (Fsp3) is 0.545. The highest BCUT2D eigenvalue weighted by Crippen LogP contribution is 2.28. The van der Waals surface area contributed by atoms with Crippen molar-refractivity contribution >= 4 is 5.91 Å². The van der Waals surface area contributed by atoms with E-state index in [0.29, 0.717) is 18.7 Å². The number of hydrogen-bond donors (Lipinski definition) is 0. The lowest BCUT2D eigenvalue weighted by Crippen LogP contribution is -2.41. The van der Waals surface area contributed by atoms with Gasteiger partial charge < -0.3 is 14.4 Å². The van der Waals surface area contributed by atoms with Crippen LogP contribution in [0.15, 0.2) is 12.4 Å². The van der Waals surface area contributed by atoms with Crippen LogP contribution in [-0.4, -0.2) is 53.2 Å². The molecule has 2 unspecified atom stereocenters. The van der Waals surface area contributed by atoms with Crippen LogP contribution in [0.25, 0.3) is 0 Å². The molecule has 3 rings (SSSR count). The standard InChI is InChI=1S/C11H13N3O3/c1-16-11-12-3-7(4-13-11)10(15)14-5-9-2-8(14)6-17-9/h3-4,8-9H,2,5-6H2,1H3. The number of nitrogens with zero attached hydrogens (tertiary/aromatic N) is 3. The molecule has 0 saturated carbocycles. The Balaban J connectivity index is 1.77. The maximum atomic E-state index is 12.2. The molecule has 2 saturated heterocycles. The van der Waals surface area contributed by atoms with E-state index in [1.54, 1.807) is 0 Å². The zero-order chi connectivity index (χ0) is 11.8. The summed E-state index contributed by atoms with van der Waals surface area (Å²) >= 11 is 0. The minimum Gasteiger partial charge on any atom is -0.467 e. The van der Waals surface area contributed by atoms with Crippen LogP contribution in [0, 0.1) is 0 Å². The lowest BCUT2D eigenvalue weighted by molar-refractivity contribution is 0.0258. The summed E-state index contributed by atoms with van der Waals surface area (Å²) in [6.45, 7) is 1.32. The Morgan fingerprint density at radius 3 is 2.82 bits per heavy atom. The van der Waals surface area contributed by atoms with Crippen LogP contribution in [0.4, 0.5) is 0 Å². The molecule has 6 nitrogen and oxygen atoms in total. The van der Waals surface area contributed by atoms with Crippen LogP contribution in [-0.2, 0) is 4.74 Å². The number of rotatable bonds is 2. The van der Waals surface area contributed by atoms with Crippen molar-refractivity contribution in [3.63, 3.8) is 0 Å². The lowest BCUT2D eigenvalue weighted by atomic mass is 10.2. The first-order chi connectivity index (χ1) is 8.28. The second kappa shape index (κ2) is 3.96. The summed E-state index contributed by atoms with van der Waals surface area (Å²) in [5.41, 5.74) is 0.498. The van der Waals surface area contributed by atoms with Crippen LogP contribution < -0.4 is 4.74 Å². The third kappa shape index (κ3) is 1.74. The SMILES string of the molecule is COc1ncc(C(=O)N2CC3CC2CO3)cn1. The molecule has 6 heteroatoms. The maximum absolute atomic E-state index is 12.2. The van der Waals surface area contributed by atoms with Gasteiger partial charge in [-0.2, -0.15) is 0 Å². The van der Waals surface area contributed by atoms with Gasteiger partial charge in [-0.3, -0.25) is 4.79 Å². The molecule has 0 N–H and O–H groups in total. The van der Waals surface area contributed by atoms with E-state index in [1.165, 1.54) is 19.5 Å². The van der Waals surface area contributed by atoms with Gasteiger partial charge in [-0.15, -0.1) is 0 Å². The van der Waals surface area contributed by atoms with Gasteiger partial charge in [0.1, 0.15) is 0 Å². The highest BCUT2D eigenvalue weighted by atomic mass is 16.5. The van der Waals surface area contributed by atoms with Crippen LogP contribution in [0.1, 0.15) is 16.8 Å². The Kier molecular flexibility index (Phi) is 2.44. The number of likely N-dealkylation sites (tertiary alicyclic amines) is 1. The molecule has 17 heavy (non-hydrogen) atoms. The molecule has 2 atom stereocenters. The summed E-state index contributed by atoms with van der Waals surface area (Å²) in [6.07, 6.45) is 4.16. The molecule has 0 aromatic carbocycles. The average molecular weight is 235 g/mol. The molecule has 1 aromatic rings. The van der Waals surface area contributed by atoms with Gasteiger partial charge in [0, 0.05) is 18.9 Å². The quantitative estimate of drug-likeness (QED) is 0.727. The Morgan fingerprint density at radius 2 is 2.29 bits per heavy atom. The van der Waals surface area contributed by atoms with Gasteiger partial charge in [0.25, 0.3) is 5.91 Å². The molecule has 3 heterocycles. The number of fused-ring (bicyclic) bond motifs is 2. The second-order valence-electron chi connectivity index (χ2n) is 4.26. The minimum atomic E-state index is -0.0246. The molecule has 0 aliphatic carbocycles. The largest absolute Gasteiger partial charge is 0.467 e. The van der Waals surface area contributed by atoms with Crippen molar-refractivity contribution in [1.29, 1.82) is 0 Å². The molecule has 2 bridgehead atoms. The summed E-state index contributed by atoms with van der Waals surface area (Å²) in [7, 11) is 1.49. The molecule has 2 aliphatic heterocycles. The number of methoxy groups -OCH3 is 1. The molecule has 1 aromatic heterocycles. The normalized spacial score (nSPS) is 26.3. The predicted octanol–water partition coefficient (Wildman–Crippen LogP) is 0.0985. The predicted molar refractivity (Wildman–Crippen MR) is 57.8 cm³/mol. The lowest BCUT2D eigenvalue weighted by Gasteiger charge is -2.26. The van der Waals surface area contributed by atoms with E-state index in [2.05, 4.69) is 9.97 Å². The number of hydrogen-bond acceptors (Lipinski definition) is 5. The van der Waals surface area contributed by atoms with Crippen molar-refractivity contribution < 1.29 is 14.3 Å². The van der Waals surface area contributed by atoms with Crippen LogP contribution in [0.2, 0.25) is 0 Å². The third-order valence-electron chi connectivity index (χ3n) is 3.22. The molecule has 90 valence electrons. The second-order valence-corrected chi connectivity index (χ2v) is 4.26. The van der Waals surface area contributed by atoms with Gasteiger partial charge in [-0.25, -0.2) is 9.97 Å². The Bertz CT molecular complexity index is 434. The zero-order valence-corrected chi connectivity index (χ0v) is 9.50. The van der Waals surface area contributed by atoms with E-state index in [1.807, 2.05) is 4.90 Å². The Labute approximate surface area is 98.6 Å². The molecule has 2 fully saturated rings. The molecular weight excluding hydrogens is 222 g/mol. The fourth-order valence-electron chi connectivity index (χ4n) is 2.35. The zero-order valence-electron chi connectivity index (χ0n) is 9.50. The number of carbonyl (C=O) groups is 1. The molecule has 0 spiro atoms. The highest BCUT2D eigenvalue weighted by Gasteiger charge is 2.41. The van der Waals surface area contributed by atoms with E-state index in [-0.39, 0.29) is 24.1 Å². The number of amides is 1. The summed E-state index contributed by atoms with van der Waals surface area (Å²) in [4.78, 5) is 21.9. The summed E-state index contributed by atoms with van der Waals surface area (Å²) in [5, 5.41) is 0. The van der Waals surface area contributed by atoms with Gasteiger partial charge >= 0.3 is 6.01 Å². The van der Waals surface area contributed by atoms with E-state index in [4.69, 9.17) is 9.47 Å². The molecule has 0 radical (unpaired) electrons.